The van der Waals surface area contributed by atoms with Crippen molar-refractivity contribution in [2.45, 2.75) is 45.7 Å². The van der Waals surface area contributed by atoms with Gasteiger partial charge < -0.3 is 4.90 Å². The van der Waals surface area contributed by atoms with E-state index in [0.29, 0.717) is 33.7 Å². The van der Waals surface area contributed by atoms with Gasteiger partial charge in [-0.15, -0.1) is 4.80 Å². The van der Waals surface area contributed by atoms with Gasteiger partial charge in [0.25, 0.3) is 5.56 Å². The van der Waals surface area contributed by atoms with E-state index in [9.17, 15) is 14.4 Å². The average Bonchev–Trinajstić information content (AvgIpc) is 3.24. The molecule has 1 amide bonds. The molecule has 0 aliphatic carbocycles. The maximum absolute atomic E-state index is 13.2. The molecule has 3 aromatic heterocycles. The van der Waals surface area contributed by atoms with Crippen molar-refractivity contribution < 1.29 is 4.79 Å². The molecule has 1 atom stereocenters. The van der Waals surface area contributed by atoms with Crippen molar-refractivity contribution in [1.29, 1.82) is 0 Å². The molecular formula is C17H20N6O3S. The number of aromatic nitrogens is 5. The molecule has 0 bridgehead atoms. The molecule has 4 heterocycles. The van der Waals surface area contributed by atoms with Gasteiger partial charge in [-0.05, 0) is 33.6 Å². The van der Waals surface area contributed by atoms with Crippen LogP contribution in [0.5, 0.6) is 0 Å². The lowest BCUT2D eigenvalue weighted by Gasteiger charge is -2.35. The molecule has 0 radical (unpaired) electrons. The van der Waals surface area contributed by atoms with E-state index in [1.54, 1.807) is 24.2 Å². The molecule has 3 aromatic rings. The number of carbonyl (C=O) groups is 1. The summed E-state index contributed by atoms with van der Waals surface area (Å²) in [7, 11) is 0. The highest BCUT2D eigenvalue weighted by Crippen LogP contribution is 2.29. The zero-order valence-corrected chi connectivity index (χ0v) is 16.1. The summed E-state index contributed by atoms with van der Waals surface area (Å²) in [4.78, 5) is 45.2. The van der Waals surface area contributed by atoms with Gasteiger partial charge in [0.15, 0.2) is 0 Å². The number of likely N-dealkylation sites (tertiary alicyclic amines) is 1. The molecule has 142 valence electrons. The standard InChI is InChI=1S/C17H20N6O3S/c1-9(2)21-8-4-5-11(14(21)24)22-15(25)12-10(3)16(23-18-6-7-19-23)27-13(12)20-17(22)26/h6-7,9,11H,4-5,8H2,1-3H3,(H,20,26). The molecule has 0 saturated carbocycles. The first-order chi connectivity index (χ1) is 12.9. The van der Waals surface area contributed by atoms with E-state index in [1.165, 1.54) is 16.1 Å². The van der Waals surface area contributed by atoms with E-state index in [1.807, 2.05) is 13.8 Å². The van der Waals surface area contributed by atoms with Gasteiger partial charge in [-0.3, -0.25) is 14.6 Å². The Balaban J connectivity index is 1.90. The van der Waals surface area contributed by atoms with Crippen LogP contribution in [0.3, 0.4) is 0 Å². The summed E-state index contributed by atoms with van der Waals surface area (Å²) < 4.78 is 1.08. The Bertz CT molecular complexity index is 1120. The van der Waals surface area contributed by atoms with Gasteiger partial charge in [-0.1, -0.05) is 11.3 Å². The van der Waals surface area contributed by atoms with Gasteiger partial charge in [0, 0.05) is 18.2 Å². The second kappa shape index (κ2) is 6.45. The maximum atomic E-state index is 13.2. The number of nitrogens with zero attached hydrogens (tertiary/aromatic N) is 5. The second-order valence-electron chi connectivity index (χ2n) is 6.94. The van der Waals surface area contributed by atoms with Gasteiger partial charge in [0.05, 0.1) is 17.8 Å². The summed E-state index contributed by atoms with van der Waals surface area (Å²) >= 11 is 1.25. The third-order valence-corrected chi connectivity index (χ3v) is 6.15. The summed E-state index contributed by atoms with van der Waals surface area (Å²) in [5.41, 5.74) is -0.312. The van der Waals surface area contributed by atoms with Crippen molar-refractivity contribution in [1.82, 2.24) is 29.4 Å². The third kappa shape index (κ3) is 2.71. The molecule has 1 saturated heterocycles. The molecule has 0 spiro atoms. The summed E-state index contributed by atoms with van der Waals surface area (Å²) in [5, 5.41) is 9.28. The maximum Gasteiger partial charge on any atom is 0.330 e. The Morgan fingerprint density at radius 3 is 2.59 bits per heavy atom. The number of aromatic amines is 1. The van der Waals surface area contributed by atoms with E-state index in [-0.39, 0.29) is 11.9 Å². The largest absolute Gasteiger partial charge is 0.338 e. The van der Waals surface area contributed by atoms with Crippen molar-refractivity contribution in [3.05, 3.63) is 38.8 Å². The smallest absolute Gasteiger partial charge is 0.330 e. The fourth-order valence-corrected chi connectivity index (χ4v) is 4.75. The molecule has 1 N–H and O–H groups in total. The van der Waals surface area contributed by atoms with Crippen molar-refractivity contribution >= 4 is 27.5 Å². The first-order valence-corrected chi connectivity index (χ1v) is 9.67. The van der Waals surface area contributed by atoms with Crippen LogP contribution in [0.1, 0.15) is 38.3 Å². The molecule has 4 rings (SSSR count). The highest BCUT2D eigenvalue weighted by molar-refractivity contribution is 7.21. The van der Waals surface area contributed by atoms with Gasteiger partial charge >= 0.3 is 5.69 Å². The quantitative estimate of drug-likeness (QED) is 0.726. The second-order valence-corrected chi connectivity index (χ2v) is 7.94. The van der Waals surface area contributed by atoms with Gasteiger partial charge in [-0.25, -0.2) is 9.36 Å². The number of nitrogens with one attached hydrogen (secondary N) is 1. The average molecular weight is 388 g/mol. The Morgan fingerprint density at radius 2 is 1.93 bits per heavy atom. The molecule has 1 aliphatic rings. The molecule has 1 aliphatic heterocycles. The number of carbonyl (C=O) groups excluding carboxylic acids is 1. The number of hydrogen-bond donors (Lipinski definition) is 1. The number of amides is 1. The number of fused-ring (bicyclic) bond motifs is 1. The van der Waals surface area contributed by atoms with Gasteiger partial charge in [-0.2, -0.15) is 10.2 Å². The minimum atomic E-state index is -0.771. The highest BCUT2D eigenvalue weighted by atomic mass is 32.1. The van der Waals surface area contributed by atoms with E-state index >= 15 is 0 Å². The monoisotopic (exact) mass is 388 g/mol. The van der Waals surface area contributed by atoms with Crippen LogP contribution in [0.15, 0.2) is 22.0 Å². The van der Waals surface area contributed by atoms with Crippen molar-refractivity contribution in [2.24, 2.45) is 0 Å². The molecule has 9 nitrogen and oxygen atoms in total. The van der Waals surface area contributed by atoms with Crippen molar-refractivity contribution in [3.8, 4) is 5.00 Å². The van der Waals surface area contributed by atoms with E-state index in [4.69, 9.17) is 0 Å². The number of hydrogen-bond acceptors (Lipinski definition) is 6. The van der Waals surface area contributed by atoms with E-state index in [2.05, 4.69) is 15.2 Å². The van der Waals surface area contributed by atoms with Crippen molar-refractivity contribution in [3.63, 3.8) is 0 Å². The fourth-order valence-electron chi connectivity index (χ4n) is 3.64. The topological polar surface area (TPSA) is 106 Å². The Kier molecular flexibility index (Phi) is 4.22. The summed E-state index contributed by atoms with van der Waals surface area (Å²) in [6.45, 7) is 6.31. The van der Waals surface area contributed by atoms with E-state index in [0.717, 1.165) is 11.0 Å². The summed E-state index contributed by atoms with van der Waals surface area (Å²) in [6.07, 6.45) is 4.33. The molecule has 27 heavy (non-hydrogen) atoms. The summed E-state index contributed by atoms with van der Waals surface area (Å²) in [6, 6.07) is -0.744. The molecule has 0 aromatic carbocycles. The van der Waals surface area contributed by atoms with Crippen LogP contribution in [-0.4, -0.2) is 47.9 Å². The first-order valence-electron chi connectivity index (χ1n) is 8.85. The van der Waals surface area contributed by atoms with Crippen LogP contribution >= 0.6 is 11.3 Å². The van der Waals surface area contributed by atoms with Crippen molar-refractivity contribution in [2.75, 3.05) is 6.54 Å². The normalized spacial score (nSPS) is 18.0. The van der Waals surface area contributed by atoms with Gasteiger partial charge in [0.2, 0.25) is 5.91 Å². The number of piperidine rings is 1. The minimum absolute atomic E-state index is 0.0270. The molecular weight excluding hydrogens is 368 g/mol. The van der Waals surface area contributed by atoms with Crippen LogP contribution in [0.25, 0.3) is 15.2 Å². The minimum Gasteiger partial charge on any atom is -0.338 e. The van der Waals surface area contributed by atoms with Crippen LogP contribution < -0.4 is 11.2 Å². The molecule has 1 fully saturated rings. The first kappa shape index (κ1) is 17.7. The number of rotatable bonds is 3. The lowest BCUT2D eigenvalue weighted by molar-refractivity contribution is -0.139. The predicted octanol–water partition coefficient (Wildman–Crippen LogP) is 1.21. The zero-order chi connectivity index (χ0) is 19.3. The van der Waals surface area contributed by atoms with Crippen LogP contribution in [-0.2, 0) is 4.79 Å². The number of aryl methyl sites for hydroxylation is 1. The van der Waals surface area contributed by atoms with Crippen LogP contribution in [0.4, 0.5) is 0 Å². The molecule has 1 unspecified atom stereocenters. The predicted molar refractivity (Wildman–Crippen MR) is 101 cm³/mol. The SMILES string of the molecule is Cc1c(-n2nccn2)sc2[nH]c(=O)n(C3CCCN(C(C)C)C3=O)c(=O)c12. The van der Waals surface area contributed by atoms with Crippen LogP contribution in [0.2, 0.25) is 0 Å². The Hall–Kier alpha value is -2.75. The highest BCUT2D eigenvalue weighted by Gasteiger charge is 2.34. The Labute approximate surface area is 158 Å². The lowest BCUT2D eigenvalue weighted by Crippen LogP contribution is -2.50. The fraction of sp³-hybridized carbons (Fsp3) is 0.471. The Morgan fingerprint density at radius 1 is 1.22 bits per heavy atom. The third-order valence-electron chi connectivity index (χ3n) is 4.97. The lowest BCUT2D eigenvalue weighted by atomic mass is 10.0. The zero-order valence-electron chi connectivity index (χ0n) is 15.3. The van der Waals surface area contributed by atoms with Crippen LogP contribution in [0, 0.1) is 6.92 Å². The number of thiophene rings is 1. The van der Waals surface area contributed by atoms with E-state index < -0.39 is 17.3 Å². The van der Waals surface area contributed by atoms with Gasteiger partial charge in [0.1, 0.15) is 15.9 Å². The number of H-pyrrole nitrogens is 1. The molecule has 10 heteroatoms. The summed E-state index contributed by atoms with van der Waals surface area (Å²) in [5.74, 6) is -0.176.